The molecule has 1 amide bonds. The van der Waals surface area contributed by atoms with Crippen molar-refractivity contribution < 1.29 is 9.53 Å². The normalized spacial score (nSPS) is 10.5. The van der Waals surface area contributed by atoms with Gasteiger partial charge in [0.1, 0.15) is 11.4 Å². The fourth-order valence-electron chi connectivity index (χ4n) is 3.10. The van der Waals surface area contributed by atoms with Gasteiger partial charge in [0.2, 0.25) is 0 Å². The van der Waals surface area contributed by atoms with Crippen LogP contribution in [0.25, 0.3) is 16.9 Å². The summed E-state index contributed by atoms with van der Waals surface area (Å²) in [4.78, 5) is 13.2. The van der Waals surface area contributed by atoms with Crippen molar-refractivity contribution in [1.29, 1.82) is 0 Å². The third kappa shape index (κ3) is 4.04. The molecule has 4 rings (SSSR count). The molecule has 0 saturated carbocycles. The molecule has 1 heterocycles. The van der Waals surface area contributed by atoms with Crippen LogP contribution in [0.15, 0.2) is 91.1 Å². The van der Waals surface area contributed by atoms with Crippen molar-refractivity contribution in [1.82, 2.24) is 9.78 Å². The summed E-state index contributed by atoms with van der Waals surface area (Å²) in [5, 5.41) is 7.67. The molecule has 0 fully saturated rings. The average molecular weight is 383 g/mol. The van der Waals surface area contributed by atoms with Gasteiger partial charge in [-0.15, -0.1) is 0 Å². The van der Waals surface area contributed by atoms with Crippen LogP contribution in [0.2, 0.25) is 0 Å². The van der Waals surface area contributed by atoms with Gasteiger partial charge in [-0.25, -0.2) is 4.68 Å². The maximum atomic E-state index is 13.2. The number of rotatable bonds is 6. The van der Waals surface area contributed by atoms with Crippen molar-refractivity contribution in [2.45, 2.75) is 6.92 Å². The van der Waals surface area contributed by atoms with E-state index >= 15 is 0 Å². The molecule has 0 saturated heterocycles. The predicted molar refractivity (Wildman–Crippen MR) is 115 cm³/mol. The number of anilines is 1. The molecule has 1 N–H and O–H groups in total. The molecular formula is C24H21N3O2. The number of amides is 1. The van der Waals surface area contributed by atoms with E-state index in [1.54, 1.807) is 10.9 Å². The van der Waals surface area contributed by atoms with E-state index in [1.165, 1.54) is 0 Å². The number of carbonyl (C=O) groups excluding carboxylic acids is 1. The molecule has 0 atom stereocenters. The SMILES string of the molecule is CCOc1ccccc1NC(=O)c1cn(-c2ccccc2)nc1-c1ccccc1. The molecule has 144 valence electrons. The van der Waals surface area contributed by atoms with Gasteiger partial charge in [-0.05, 0) is 31.2 Å². The summed E-state index contributed by atoms with van der Waals surface area (Å²) in [6, 6.07) is 26.8. The summed E-state index contributed by atoms with van der Waals surface area (Å²) in [5.74, 6) is 0.401. The van der Waals surface area contributed by atoms with E-state index in [0.29, 0.717) is 29.3 Å². The zero-order valence-corrected chi connectivity index (χ0v) is 16.1. The highest BCUT2D eigenvalue weighted by Gasteiger charge is 2.19. The number of hydrogen-bond acceptors (Lipinski definition) is 3. The highest BCUT2D eigenvalue weighted by molar-refractivity contribution is 6.08. The van der Waals surface area contributed by atoms with Crippen LogP contribution in [0.1, 0.15) is 17.3 Å². The molecular weight excluding hydrogens is 362 g/mol. The first-order valence-electron chi connectivity index (χ1n) is 9.50. The highest BCUT2D eigenvalue weighted by Crippen LogP contribution is 2.27. The van der Waals surface area contributed by atoms with Crippen LogP contribution in [0, 0.1) is 0 Å². The molecule has 0 unspecified atom stereocenters. The van der Waals surface area contributed by atoms with E-state index in [-0.39, 0.29) is 5.91 Å². The molecule has 3 aromatic carbocycles. The van der Waals surface area contributed by atoms with Crippen LogP contribution in [0.4, 0.5) is 5.69 Å². The van der Waals surface area contributed by atoms with Gasteiger partial charge >= 0.3 is 0 Å². The fourth-order valence-corrected chi connectivity index (χ4v) is 3.10. The molecule has 0 radical (unpaired) electrons. The second kappa shape index (κ2) is 8.44. The quantitative estimate of drug-likeness (QED) is 0.498. The molecule has 0 aliphatic heterocycles. The summed E-state index contributed by atoms with van der Waals surface area (Å²) in [5.41, 5.74) is 3.52. The molecule has 0 aliphatic carbocycles. The van der Waals surface area contributed by atoms with Crippen LogP contribution in [-0.4, -0.2) is 22.3 Å². The molecule has 5 nitrogen and oxygen atoms in total. The van der Waals surface area contributed by atoms with Gasteiger partial charge in [-0.1, -0.05) is 60.7 Å². The standard InChI is InChI=1S/C24H21N3O2/c1-2-29-22-16-10-9-15-21(22)25-24(28)20-17-27(19-13-7-4-8-14-19)26-23(20)18-11-5-3-6-12-18/h3-17H,2H2,1H3,(H,25,28). The predicted octanol–water partition coefficient (Wildman–Crippen LogP) is 5.19. The molecule has 1 aromatic heterocycles. The lowest BCUT2D eigenvalue weighted by Gasteiger charge is -2.11. The summed E-state index contributed by atoms with van der Waals surface area (Å²) >= 11 is 0. The zero-order valence-electron chi connectivity index (χ0n) is 16.1. The van der Waals surface area contributed by atoms with Crippen molar-refractivity contribution in [3.8, 4) is 22.7 Å². The van der Waals surface area contributed by atoms with E-state index in [1.807, 2.05) is 91.9 Å². The minimum Gasteiger partial charge on any atom is -0.492 e. The van der Waals surface area contributed by atoms with E-state index < -0.39 is 0 Å². The Labute approximate surface area is 169 Å². The van der Waals surface area contributed by atoms with Crippen molar-refractivity contribution in [2.24, 2.45) is 0 Å². The van der Waals surface area contributed by atoms with Gasteiger partial charge in [0.25, 0.3) is 5.91 Å². The number of aromatic nitrogens is 2. The van der Waals surface area contributed by atoms with E-state index in [0.717, 1.165) is 11.3 Å². The Morgan fingerprint density at radius 3 is 2.31 bits per heavy atom. The first-order chi connectivity index (χ1) is 14.3. The number of nitrogens with one attached hydrogen (secondary N) is 1. The summed E-state index contributed by atoms with van der Waals surface area (Å²) in [6.07, 6.45) is 1.76. The minimum atomic E-state index is -0.238. The number of hydrogen-bond donors (Lipinski definition) is 1. The number of para-hydroxylation sites is 3. The van der Waals surface area contributed by atoms with Gasteiger partial charge in [0.05, 0.1) is 23.5 Å². The first-order valence-corrected chi connectivity index (χ1v) is 9.50. The Bertz CT molecular complexity index is 1110. The topological polar surface area (TPSA) is 56.1 Å². The van der Waals surface area contributed by atoms with Gasteiger partial charge in [0.15, 0.2) is 0 Å². The fraction of sp³-hybridized carbons (Fsp3) is 0.0833. The summed E-state index contributed by atoms with van der Waals surface area (Å²) < 4.78 is 7.36. The minimum absolute atomic E-state index is 0.238. The second-order valence-corrected chi connectivity index (χ2v) is 6.42. The van der Waals surface area contributed by atoms with Gasteiger partial charge in [0, 0.05) is 11.8 Å². The smallest absolute Gasteiger partial charge is 0.259 e. The van der Waals surface area contributed by atoms with Crippen LogP contribution in [0.5, 0.6) is 5.75 Å². The Morgan fingerprint density at radius 1 is 0.931 bits per heavy atom. The maximum Gasteiger partial charge on any atom is 0.259 e. The van der Waals surface area contributed by atoms with E-state index in [2.05, 4.69) is 5.32 Å². The Balaban J connectivity index is 1.74. The van der Waals surface area contributed by atoms with E-state index in [9.17, 15) is 4.79 Å². The average Bonchev–Trinajstić information content (AvgIpc) is 3.22. The van der Waals surface area contributed by atoms with Crippen LogP contribution < -0.4 is 10.1 Å². The number of nitrogens with zero attached hydrogens (tertiary/aromatic N) is 2. The van der Waals surface area contributed by atoms with Gasteiger partial charge in [-0.2, -0.15) is 5.10 Å². The summed E-state index contributed by atoms with van der Waals surface area (Å²) in [6.45, 7) is 2.43. The van der Waals surface area contributed by atoms with Crippen LogP contribution in [-0.2, 0) is 0 Å². The molecule has 0 spiro atoms. The molecule has 29 heavy (non-hydrogen) atoms. The van der Waals surface area contributed by atoms with Gasteiger partial charge < -0.3 is 10.1 Å². The maximum absolute atomic E-state index is 13.2. The molecule has 5 heteroatoms. The van der Waals surface area contributed by atoms with Crippen molar-refractivity contribution >= 4 is 11.6 Å². The van der Waals surface area contributed by atoms with E-state index in [4.69, 9.17) is 9.84 Å². The highest BCUT2D eigenvalue weighted by atomic mass is 16.5. The molecule has 0 aliphatic rings. The van der Waals surface area contributed by atoms with Gasteiger partial charge in [-0.3, -0.25) is 4.79 Å². The number of ether oxygens (including phenoxy) is 1. The third-order valence-corrected chi connectivity index (χ3v) is 4.46. The number of carbonyl (C=O) groups is 1. The lowest BCUT2D eigenvalue weighted by atomic mass is 10.1. The molecule has 4 aromatic rings. The van der Waals surface area contributed by atoms with Crippen molar-refractivity contribution in [3.05, 3.63) is 96.7 Å². The first kappa shape index (κ1) is 18.5. The van der Waals surface area contributed by atoms with Crippen LogP contribution >= 0.6 is 0 Å². The largest absolute Gasteiger partial charge is 0.492 e. The zero-order chi connectivity index (χ0) is 20.1. The third-order valence-electron chi connectivity index (χ3n) is 4.46. The lowest BCUT2D eigenvalue weighted by Crippen LogP contribution is -2.13. The van der Waals surface area contributed by atoms with Crippen molar-refractivity contribution in [2.75, 3.05) is 11.9 Å². The summed E-state index contributed by atoms with van der Waals surface area (Å²) in [7, 11) is 0. The monoisotopic (exact) mass is 383 g/mol. The Hall–Kier alpha value is -3.86. The number of benzene rings is 3. The lowest BCUT2D eigenvalue weighted by molar-refractivity contribution is 0.102. The molecule has 0 bridgehead atoms. The van der Waals surface area contributed by atoms with Crippen molar-refractivity contribution in [3.63, 3.8) is 0 Å². The Morgan fingerprint density at radius 2 is 1.59 bits per heavy atom. The Kier molecular flexibility index (Phi) is 5.38. The van der Waals surface area contributed by atoms with Crippen LogP contribution in [0.3, 0.4) is 0 Å². The second-order valence-electron chi connectivity index (χ2n) is 6.42.